The summed E-state index contributed by atoms with van der Waals surface area (Å²) in [5.74, 6) is 0. The molecule has 2 N–H and O–H groups in total. The highest BCUT2D eigenvalue weighted by Gasteiger charge is 2.35. The number of sulfonamides is 1. The Bertz CT molecular complexity index is 1700. The molecule has 1 saturated heterocycles. The largest absolute Gasteiger partial charge is 0.416 e. The lowest BCUT2D eigenvalue weighted by Gasteiger charge is -2.26. The molecule has 0 bridgehead atoms. The van der Waals surface area contributed by atoms with E-state index in [-0.39, 0.29) is 31.7 Å². The third kappa shape index (κ3) is 6.58. The minimum Gasteiger partial charge on any atom is -0.390 e. The van der Waals surface area contributed by atoms with E-state index in [1.807, 2.05) is 24.3 Å². The highest BCUT2D eigenvalue weighted by atomic mass is 32.2. The molecule has 0 radical (unpaired) electrons. The quantitative estimate of drug-likeness (QED) is 0.278. The lowest BCUT2D eigenvalue weighted by atomic mass is 9.97. The van der Waals surface area contributed by atoms with Crippen molar-refractivity contribution in [1.82, 2.24) is 24.0 Å². The maximum Gasteiger partial charge on any atom is 0.416 e. The number of alkyl halides is 3. The van der Waals surface area contributed by atoms with E-state index >= 15 is 0 Å². The second-order valence-corrected chi connectivity index (χ2v) is 14.2. The Labute approximate surface area is 252 Å². The minimum atomic E-state index is -4.57. The van der Waals surface area contributed by atoms with Crippen LogP contribution in [0.15, 0.2) is 42.5 Å². The molecule has 43 heavy (non-hydrogen) atoms. The number of aliphatic hydroxyl groups is 1. The van der Waals surface area contributed by atoms with Gasteiger partial charge in [-0.15, -0.1) is 0 Å². The van der Waals surface area contributed by atoms with Gasteiger partial charge in [-0.05, 0) is 55.8 Å². The highest BCUT2D eigenvalue weighted by molar-refractivity contribution is 7.88. The van der Waals surface area contributed by atoms with Crippen molar-refractivity contribution >= 4 is 36.7 Å². The molecular weight excluding hydrogens is 601 g/mol. The summed E-state index contributed by atoms with van der Waals surface area (Å²) in [6, 6.07) is 11.4. The van der Waals surface area contributed by atoms with Crippen LogP contribution in [-0.4, -0.2) is 76.0 Å². The Morgan fingerprint density at radius 1 is 1.09 bits per heavy atom. The summed E-state index contributed by atoms with van der Waals surface area (Å²) in [5.41, 5.74) is 2.34. The van der Waals surface area contributed by atoms with Crippen molar-refractivity contribution in [1.29, 1.82) is 0 Å². The smallest absolute Gasteiger partial charge is 0.390 e. The average Bonchev–Trinajstić information content (AvgIpc) is 3.69. The zero-order valence-electron chi connectivity index (χ0n) is 23.6. The van der Waals surface area contributed by atoms with Gasteiger partial charge in [0.1, 0.15) is 0 Å². The second-order valence-electron chi connectivity index (χ2n) is 11.2. The number of nitrogens with zero attached hydrogens (tertiary/aromatic N) is 5. The first-order valence-electron chi connectivity index (χ1n) is 14.2. The van der Waals surface area contributed by atoms with Crippen molar-refractivity contribution in [2.45, 2.75) is 51.2 Å². The maximum absolute atomic E-state index is 14.1. The van der Waals surface area contributed by atoms with Gasteiger partial charge >= 0.3 is 6.18 Å². The van der Waals surface area contributed by atoms with Gasteiger partial charge in [0.2, 0.25) is 10.0 Å². The van der Waals surface area contributed by atoms with Crippen LogP contribution < -0.4 is 5.32 Å². The van der Waals surface area contributed by atoms with Gasteiger partial charge in [0, 0.05) is 49.4 Å². The molecule has 0 amide bonds. The van der Waals surface area contributed by atoms with Gasteiger partial charge in [0.25, 0.3) is 0 Å². The fourth-order valence-corrected chi connectivity index (χ4v) is 7.58. The summed E-state index contributed by atoms with van der Waals surface area (Å²) in [5, 5.41) is 19.2. The third-order valence-electron chi connectivity index (χ3n) is 8.03. The molecular formula is C29H33F3N6O3S2. The Morgan fingerprint density at radius 2 is 1.86 bits per heavy atom. The van der Waals surface area contributed by atoms with Crippen LogP contribution in [-0.2, 0) is 42.3 Å². The number of hydrogen-bond donors (Lipinski definition) is 2. The Hall–Kier alpha value is -3.04. The van der Waals surface area contributed by atoms with E-state index in [2.05, 4.69) is 15.2 Å². The van der Waals surface area contributed by atoms with Gasteiger partial charge in [-0.25, -0.2) is 13.4 Å². The highest BCUT2D eigenvalue weighted by Crippen LogP contribution is 2.37. The SMILES string of the molecule is CS(=O)(=O)N1CCc2c(c(-c3ccc(C(F)(F)F)c(CNc4nc5ccccc5s4)c3)nn2CC(O)CN2CCCC2)C1. The Morgan fingerprint density at radius 3 is 2.58 bits per heavy atom. The number of anilines is 1. The summed E-state index contributed by atoms with van der Waals surface area (Å²) >= 11 is 1.36. The molecule has 1 atom stereocenters. The number of fused-ring (bicyclic) bond motifs is 2. The molecule has 1 fully saturated rings. The molecule has 2 aromatic carbocycles. The van der Waals surface area contributed by atoms with E-state index in [4.69, 9.17) is 5.10 Å². The second kappa shape index (κ2) is 11.8. The minimum absolute atomic E-state index is 0.0254. The van der Waals surface area contributed by atoms with E-state index in [0.29, 0.717) is 34.9 Å². The number of nitrogens with one attached hydrogen (secondary N) is 1. The predicted octanol–water partition coefficient (Wildman–Crippen LogP) is 4.57. The van der Waals surface area contributed by atoms with Gasteiger partial charge in [-0.3, -0.25) is 4.68 Å². The van der Waals surface area contributed by atoms with Crippen molar-refractivity contribution in [2.75, 3.05) is 37.8 Å². The number of benzene rings is 2. The van der Waals surface area contributed by atoms with E-state index in [1.165, 1.54) is 27.8 Å². The van der Waals surface area contributed by atoms with Crippen molar-refractivity contribution in [3.8, 4) is 11.3 Å². The number of hydrogen-bond acceptors (Lipinski definition) is 8. The van der Waals surface area contributed by atoms with E-state index in [1.54, 1.807) is 4.68 Å². The topological polar surface area (TPSA) is 104 Å². The van der Waals surface area contributed by atoms with Gasteiger partial charge in [0.15, 0.2) is 5.13 Å². The summed E-state index contributed by atoms with van der Waals surface area (Å²) in [6.07, 6.45) is -1.54. The summed E-state index contributed by atoms with van der Waals surface area (Å²) in [7, 11) is -3.51. The van der Waals surface area contributed by atoms with Crippen LogP contribution in [0.4, 0.5) is 18.3 Å². The Balaban J connectivity index is 1.34. The van der Waals surface area contributed by atoms with E-state index < -0.39 is 27.9 Å². The lowest BCUT2D eigenvalue weighted by Crippen LogP contribution is -2.37. The van der Waals surface area contributed by atoms with Crippen molar-refractivity contribution in [3.63, 3.8) is 0 Å². The normalized spacial score (nSPS) is 17.4. The van der Waals surface area contributed by atoms with Crippen molar-refractivity contribution < 1.29 is 26.7 Å². The molecule has 9 nitrogen and oxygen atoms in total. The Kier molecular flexibility index (Phi) is 8.24. The predicted molar refractivity (Wildman–Crippen MR) is 160 cm³/mol. The lowest BCUT2D eigenvalue weighted by molar-refractivity contribution is -0.138. The number of aliphatic hydroxyl groups excluding tert-OH is 1. The zero-order valence-corrected chi connectivity index (χ0v) is 25.3. The summed E-state index contributed by atoms with van der Waals surface area (Å²) < 4.78 is 71.1. The number of halogens is 3. The fourth-order valence-electron chi connectivity index (χ4n) is 5.94. The molecule has 1 unspecified atom stereocenters. The molecule has 230 valence electrons. The van der Waals surface area contributed by atoms with Crippen LogP contribution in [0.5, 0.6) is 0 Å². The third-order valence-corrected chi connectivity index (χ3v) is 10.3. The number of rotatable bonds is 9. The van der Waals surface area contributed by atoms with Crippen LogP contribution in [0, 0.1) is 0 Å². The molecule has 2 aliphatic rings. The number of β-amino-alcohol motifs (C(OH)–C–C–N with tert-alkyl or cyclic N) is 1. The summed E-state index contributed by atoms with van der Waals surface area (Å²) in [4.78, 5) is 6.68. The monoisotopic (exact) mass is 634 g/mol. The summed E-state index contributed by atoms with van der Waals surface area (Å²) in [6.45, 7) is 2.79. The number of thiazole rings is 1. The zero-order chi connectivity index (χ0) is 30.4. The molecule has 4 aromatic rings. The van der Waals surface area contributed by atoms with Crippen molar-refractivity contribution in [3.05, 3.63) is 64.8 Å². The van der Waals surface area contributed by atoms with Gasteiger partial charge in [-0.1, -0.05) is 29.5 Å². The molecule has 4 heterocycles. The first-order valence-corrected chi connectivity index (χ1v) is 16.9. The first kappa shape index (κ1) is 30.0. The number of likely N-dealkylation sites (tertiary alicyclic amines) is 1. The molecule has 0 spiro atoms. The van der Waals surface area contributed by atoms with E-state index in [9.17, 15) is 26.7 Å². The van der Waals surface area contributed by atoms with Crippen LogP contribution >= 0.6 is 11.3 Å². The molecule has 0 saturated carbocycles. The molecule has 14 heteroatoms. The average molecular weight is 635 g/mol. The molecule has 2 aromatic heterocycles. The van der Waals surface area contributed by atoms with Crippen molar-refractivity contribution in [2.24, 2.45) is 0 Å². The molecule has 2 aliphatic heterocycles. The first-order chi connectivity index (χ1) is 20.5. The maximum atomic E-state index is 14.1. The van der Waals surface area contributed by atoms with Crippen LogP contribution in [0.1, 0.15) is 35.2 Å². The van der Waals surface area contributed by atoms with Gasteiger partial charge in [-0.2, -0.15) is 22.6 Å². The van der Waals surface area contributed by atoms with Gasteiger partial charge < -0.3 is 15.3 Å². The van der Waals surface area contributed by atoms with Crippen LogP contribution in [0.3, 0.4) is 0 Å². The number of aromatic nitrogens is 3. The molecule has 0 aliphatic carbocycles. The molecule has 6 rings (SSSR count). The van der Waals surface area contributed by atoms with E-state index in [0.717, 1.165) is 54.2 Å². The van der Waals surface area contributed by atoms with Crippen LogP contribution in [0.25, 0.3) is 21.5 Å². The standard InChI is InChI=1S/C29H33F3N6O3S2/c1-43(40,41)37-13-10-25-22(18-37)27(35-38(25)17-21(39)16-36-11-4-5-12-36)19-8-9-23(29(30,31)32)20(14-19)15-33-28-34-24-6-2-3-7-26(24)42-28/h2-3,6-9,14,21,39H,4-5,10-13,15-18H2,1H3,(H,33,34). The number of para-hydroxylation sites is 1. The van der Waals surface area contributed by atoms with Crippen LogP contribution in [0.2, 0.25) is 0 Å². The fraction of sp³-hybridized carbons (Fsp3) is 0.448. The van der Waals surface area contributed by atoms with Gasteiger partial charge in [0.05, 0.1) is 40.4 Å².